The van der Waals surface area contributed by atoms with Crippen molar-refractivity contribution < 1.29 is 39.0 Å². The SMILES string of the molecule is CCCCCN.CCCCCNCC(=O)Cc1cnc2ccccc2c1-c1ccccc1.COC(=O)Cc1cnc2c(Br)cccc2c1-c1ccccc1.O=C(O)Cc1cnc2ccccc2c1-c1ccccc1.O=C1CCC(=O)N1O. The first-order chi connectivity index (χ1) is 39.9. The summed E-state index contributed by atoms with van der Waals surface area (Å²) in [6.45, 7) is 6.54. The summed E-state index contributed by atoms with van der Waals surface area (Å²) in [5.74, 6) is -1.92. The fourth-order valence-electron chi connectivity index (χ4n) is 9.19. The zero-order valence-electron chi connectivity index (χ0n) is 46.7. The van der Waals surface area contributed by atoms with Crippen molar-refractivity contribution in [2.24, 2.45) is 5.73 Å². The lowest BCUT2D eigenvalue weighted by Crippen LogP contribution is -2.25. The number of imide groups is 1. The lowest BCUT2D eigenvalue weighted by molar-refractivity contribution is -0.171. The fourth-order valence-corrected chi connectivity index (χ4v) is 9.65. The van der Waals surface area contributed by atoms with E-state index in [2.05, 4.69) is 68.2 Å². The van der Waals surface area contributed by atoms with E-state index in [1.54, 1.807) is 12.4 Å². The second-order valence-corrected chi connectivity index (χ2v) is 20.1. The number of ketones is 1. The molecule has 0 spiro atoms. The van der Waals surface area contributed by atoms with E-state index in [-0.39, 0.29) is 42.5 Å². The molecule has 424 valence electrons. The average molecular weight is 1170 g/mol. The minimum Gasteiger partial charge on any atom is -0.481 e. The highest BCUT2D eigenvalue weighted by molar-refractivity contribution is 9.10. The number of benzene rings is 6. The van der Waals surface area contributed by atoms with Crippen LogP contribution < -0.4 is 11.1 Å². The van der Waals surface area contributed by atoms with Crippen LogP contribution in [0.1, 0.15) is 81.9 Å². The van der Waals surface area contributed by atoms with E-state index in [1.165, 1.54) is 39.2 Å². The van der Waals surface area contributed by atoms with Crippen molar-refractivity contribution in [1.29, 1.82) is 0 Å². The summed E-state index contributed by atoms with van der Waals surface area (Å²) >= 11 is 3.54. The summed E-state index contributed by atoms with van der Waals surface area (Å²) < 4.78 is 5.74. The molecule has 82 heavy (non-hydrogen) atoms. The Balaban J connectivity index is 0.000000178. The molecule has 10 rings (SSSR count). The number of rotatable bonds is 18. The summed E-state index contributed by atoms with van der Waals surface area (Å²) in [4.78, 5) is 69.1. The number of fused-ring (bicyclic) bond motifs is 3. The summed E-state index contributed by atoms with van der Waals surface area (Å²) in [6.07, 6.45) is 13.4. The molecule has 1 fully saturated rings. The number of Topliss-reactive ketones (excluding diaryl/α,β-unsaturated/α-hetero) is 1. The first-order valence-electron chi connectivity index (χ1n) is 27.6. The van der Waals surface area contributed by atoms with Crippen LogP contribution in [-0.2, 0) is 48.0 Å². The number of hydrogen-bond acceptors (Lipinski definition) is 12. The molecule has 0 saturated carbocycles. The molecule has 1 aliphatic heterocycles. The number of methoxy groups -OCH3 is 1. The third-order valence-electron chi connectivity index (χ3n) is 13.2. The van der Waals surface area contributed by atoms with Gasteiger partial charge < -0.3 is 20.9 Å². The Morgan fingerprint density at radius 3 is 1.46 bits per heavy atom. The largest absolute Gasteiger partial charge is 0.481 e. The van der Waals surface area contributed by atoms with Gasteiger partial charge in [0.1, 0.15) is 0 Å². The minimum absolute atomic E-state index is 0.0257. The zero-order valence-corrected chi connectivity index (χ0v) is 48.3. The number of ether oxygens (including phenoxy) is 1. The Kier molecular flexibility index (Phi) is 25.6. The Morgan fingerprint density at radius 1 is 0.573 bits per heavy atom. The molecule has 14 nitrogen and oxygen atoms in total. The number of pyridine rings is 3. The maximum atomic E-state index is 12.5. The van der Waals surface area contributed by atoms with Crippen LogP contribution >= 0.6 is 15.9 Å². The number of carbonyl (C=O) groups is 5. The molecular weight excluding hydrogens is 1100 g/mol. The third-order valence-corrected chi connectivity index (χ3v) is 13.9. The van der Waals surface area contributed by atoms with Crippen LogP contribution in [0.25, 0.3) is 66.1 Å². The number of aromatic nitrogens is 3. The molecule has 0 aliphatic carbocycles. The predicted octanol–water partition coefficient (Wildman–Crippen LogP) is 13.4. The zero-order chi connectivity index (χ0) is 58.6. The minimum atomic E-state index is -0.848. The second kappa shape index (κ2) is 33.4. The molecule has 0 unspecified atom stereocenters. The van der Waals surface area contributed by atoms with E-state index in [9.17, 15) is 24.0 Å². The highest BCUT2D eigenvalue weighted by Crippen LogP contribution is 2.35. The van der Waals surface area contributed by atoms with E-state index in [1.807, 2.05) is 146 Å². The van der Waals surface area contributed by atoms with Crippen LogP contribution in [0.15, 0.2) is 181 Å². The number of carbonyl (C=O) groups excluding carboxylic acids is 4. The Morgan fingerprint density at radius 2 is 1.01 bits per heavy atom. The van der Waals surface area contributed by atoms with Gasteiger partial charge in [-0.3, -0.25) is 44.1 Å². The highest BCUT2D eigenvalue weighted by Gasteiger charge is 2.27. The van der Waals surface area contributed by atoms with E-state index in [0.717, 1.165) is 107 Å². The van der Waals surface area contributed by atoms with Crippen molar-refractivity contribution in [3.63, 3.8) is 0 Å². The predicted molar refractivity (Wildman–Crippen MR) is 329 cm³/mol. The number of nitrogens with two attached hydrogens (primary N) is 1. The van der Waals surface area contributed by atoms with Crippen LogP contribution in [0, 0.1) is 0 Å². The van der Waals surface area contributed by atoms with Gasteiger partial charge in [0.05, 0.1) is 43.0 Å². The number of nitrogens with zero attached hydrogens (tertiary/aromatic N) is 4. The summed E-state index contributed by atoms with van der Waals surface area (Å²) in [7, 11) is 1.40. The lowest BCUT2D eigenvalue weighted by atomic mass is 9.94. The number of hydroxylamine groups is 2. The van der Waals surface area contributed by atoms with Crippen molar-refractivity contribution >= 4 is 78.2 Å². The van der Waals surface area contributed by atoms with Crippen LogP contribution in [0.2, 0.25) is 0 Å². The highest BCUT2D eigenvalue weighted by atomic mass is 79.9. The molecule has 2 amide bonds. The number of hydrogen-bond donors (Lipinski definition) is 4. The lowest BCUT2D eigenvalue weighted by Gasteiger charge is -2.13. The van der Waals surface area contributed by atoms with Crippen molar-refractivity contribution in [1.82, 2.24) is 25.3 Å². The number of unbranched alkanes of at least 4 members (excludes halogenated alkanes) is 4. The first kappa shape index (κ1) is 62.9. The first-order valence-corrected chi connectivity index (χ1v) is 28.4. The molecule has 1 saturated heterocycles. The van der Waals surface area contributed by atoms with Gasteiger partial charge in [-0.15, -0.1) is 0 Å². The number of amides is 2. The van der Waals surface area contributed by atoms with Gasteiger partial charge in [-0.1, -0.05) is 179 Å². The standard InChI is InChI=1S/C23H26N2O.C18H14BrNO2.C17H13NO2.C5H13N.C4H5NO3/c1-2-3-9-14-24-17-20(26)15-19-16-25-22-13-8-7-12-21(22)23(19)18-10-5-4-6-11-18;1-22-16(21)10-13-11-20-18-14(8-5-9-15(18)19)17(13)12-6-3-2-4-7-12;19-16(20)10-13-11-18-15-9-5-4-8-14(15)17(13)12-6-2-1-3-7-12;1-2-3-4-5-6;6-3-1-2-4(7)5(3)8/h4-8,10-13,16,24H,2-3,9,14-15,17H2,1H3;2-9,11H,10H2,1H3;1-9,11H,10H2,(H,19,20);2-6H2,1H3;8H,1-2H2. The number of halogens is 1. The van der Waals surface area contributed by atoms with Gasteiger partial charge in [0.15, 0.2) is 5.78 Å². The summed E-state index contributed by atoms with van der Waals surface area (Å²) in [5.41, 5.74) is 16.8. The molecular formula is C67H71BrN6O8. The molecule has 3 aromatic heterocycles. The number of carboxylic acids is 1. The van der Waals surface area contributed by atoms with E-state index in [4.69, 9.17) is 20.8 Å². The molecule has 4 heterocycles. The Labute approximate surface area is 487 Å². The number of para-hydroxylation sites is 3. The van der Waals surface area contributed by atoms with Crippen molar-refractivity contribution in [3.8, 4) is 33.4 Å². The normalized spacial score (nSPS) is 11.6. The van der Waals surface area contributed by atoms with Gasteiger partial charge >= 0.3 is 11.9 Å². The maximum absolute atomic E-state index is 12.5. The number of esters is 1. The molecule has 9 aromatic rings. The van der Waals surface area contributed by atoms with Crippen molar-refractivity contribution in [2.45, 2.75) is 84.5 Å². The summed E-state index contributed by atoms with van der Waals surface area (Å²) in [5, 5.41) is 24.0. The molecule has 0 bridgehead atoms. The van der Waals surface area contributed by atoms with E-state index in [0.29, 0.717) is 13.0 Å². The number of aliphatic carboxylic acids is 1. The monoisotopic (exact) mass is 1170 g/mol. The number of carboxylic acid groups (broad SMARTS) is 1. The quantitative estimate of drug-likeness (QED) is 0.0273. The molecule has 15 heteroatoms. The molecule has 0 radical (unpaired) electrons. The average Bonchev–Trinajstić information content (AvgIpc) is 3.87. The molecule has 6 aromatic carbocycles. The van der Waals surface area contributed by atoms with Gasteiger partial charge in [0, 0.05) is 58.5 Å². The molecule has 5 N–H and O–H groups in total. The summed E-state index contributed by atoms with van der Waals surface area (Å²) in [6, 6.07) is 52.0. The molecule has 0 atom stereocenters. The van der Waals surface area contributed by atoms with Crippen molar-refractivity contribution in [3.05, 3.63) is 197 Å². The third kappa shape index (κ3) is 18.3. The van der Waals surface area contributed by atoms with Gasteiger partial charge in [0.2, 0.25) is 0 Å². The van der Waals surface area contributed by atoms with Crippen molar-refractivity contribution in [2.75, 3.05) is 26.7 Å². The Bertz CT molecular complexity index is 3510. The van der Waals surface area contributed by atoms with Gasteiger partial charge in [-0.05, 0) is 110 Å². The van der Waals surface area contributed by atoms with Crippen LogP contribution in [0.4, 0.5) is 0 Å². The van der Waals surface area contributed by atoms with E-state index >= 15 is 0 Å². The maximum Gasteiger partial charge on any atom is 0.310 e. The fraction of sp³-hybridized carbons (Fsp3) is 0.254. The van der Waals surface area contributed by atoms with E-state index < -0.39 is 17.8 Å². The van der Waals surface area contributed by atoms with Gasteiger partial charge in [-0.25, -0.2) is 0 Å². The van der Waals surface area contributed by atoms with Crippen LogP contribution in [-0.4, -0.2) is 86.6 Å². The number of nitrogens with one attached hydrogen (secondary N) is 1. The Hall–Kier alpha value is -8.34. The smallest absolute Gasteiger partial charge is 0.310 e. The van der Waals surface area contributed by atoms with Gasteiger partial charge in [0.25, 0.3) is 11.8 Å². The van der Waals surface area contributed by atoms with Crippen LogP contribution in [0.3, 0.4) is 0 Å². The second-order valence-electron chi connectivity index (χ2n) is 19.3. The van der Waals surface area contributed by atoms with Crippen LogP contribution in [0.5, 0.6) is 0 Å². The topological polar surface area (TPSA) is 215 Å². The molecule has 1 aliphatic rings. The van der Waals surface area contributed by atoms with Gasteiger partial charge in [-0.2, -0.15) is 5.06 Å².